The second kappa shape index (κ2) is 2.73. The molecule has 0 unspecified atom stereocenters. The molecule has 0 saturated heterocycles. The lowest BCUT2D eigenvalue weighted by Gasteiger charge is -2.01. The summed E-state index contributed by atoms with van der Waals surface area (Å²) in [4.78, 5) is 4.15. The Labute approximate surface area is 69.9 Å². The fourth-order valence-corrected chi connectivity index (χ4v) is 1.05. The maximum absolute atomic E-state index is 4.15. The lowest BCUT2D eigenvalue weighted by atomic mass is 10.3. The van der Waals surface area contributed by atoms with Gasteiger partial charge in [-0.25, -0.2) is 4.68 Å². The summed E-state index contributed by atoms with van der Waals surface area (Å²) < 4.78 is 1.70. The minimum atomic E-state index is 0.947. The summed E-state index contributed by atoms with van der Waals surface area (Å²) in [6.45, 7) is 1.94. The maximum Gasteiger partial charge on any atom is 0.0875 e. The number of pyridine rings is 1. The number of hydrogen-bond donors (Lipinski definition) is 0. The van der Waals surface area contributed by atoms with E-state index < -0.39 is 0 Å². The Hall–Kier alpha value is -1.71. The Morgan fingerprint density at radius 1 is 1.33 bits per heavy atom. The van der Waals surface area contributed by atoms with Gasteiger partial charge in [-0.2, -0.15) is 0 Å². The molecule has 0 bridgehead atoms. The highest BCUT2D eigenvalue weighted by atomic mass is 15.4. The van der Waals surface area contributed by atoms with E-state index in [-0.39, 0.29) is 0 Å². The van der Waals surface area contributed by atoms with Crippen molar-refractivity contribution in [2.75, 3.05) is 0 Å². The SMILES string of the molecule is Cc1ncccc1-n1ccnn1. The van der Waals surface area contributed by atoms with Gasteiger partial charge in [-0.05, 0) is 19.1 Å². The van der Waals surface area contributed by atoms with Gasteiger partial charge in [0.05, 0.1) is 23.8 Å². The van der Waals surface area contributed by atoms with Crippen LogP contribution >= 0.6 is 0 Å². The van der Waals surface area contributed by atoms with Crippen LogP contribution in [0.25, 0.3) is 5.69 Å². The van der Waals surface area contributed by atoms with Crippen LogP contribution in [0.5, 0.6) is 0 Å². The van der Waals surface area contributed by atoms with Crippen molar-refractivity contribution in [3.63, 3.8) is 0 Å². The molecule has 4 nitrogen and oxygen atoms in total. The van der Waals surface area contributed by atoms with E-state index in [1.165, 1.54) is 0 Å². The molecule has 2 aromatic heterocycles. The highest BCUT2D eigenvalue weighted by molar-refractivity contribution is 5.33. The average molecular weight is 160 g/mol. The highest BCUT2D eigenvalue weighted by Crippen LogP contribution is 2.07. The third kappa shape index (κ3) is 1.07. The molecule has 0 atom stereocenters. The van der Waals surface area contributed by atoms with Crippen LogP contribution < -0.4 is 0 Å². The van der Waals surface area contributed by atoms with Crippen molar-refractivity contribution in [3.8, 4) is 5.69 Å². The molecular formula is C8H8N4. The van der Waals surface area contributed by atoms with Gasteiger partial charge in [0.25, 0.3) is 0 Å². The fourth-order valence-electron chi connectivity index (χ4n) is 1.05. The number of aryl methyl sites for hydroxylation is 1. The van der Waals surface area contributed by atoms with Gasteiger partial charge in [0.2, 0.25) is 0 Å². The summed E-state index contributed by atoms with van der Waals surface area (Å²) in [5.41, 5.74) is 1.91. The Morgan fingerprint density at radius 3 is 2.92 bits per heavy atom. The van der Waals surface area contributed by atoms with Crippen molar-refractivity contribution in [1.82, 2.24) is 20.0 Å². The molecule has 4 heteroatoms. The zero-order valence-electron chi connectivity index (χ0n) is 6.68. The van der Waals surface area contributed by atoms with Crippen LogP contribution in [0.15, 0.2) is 30.7 Å². The molecule has 0 aliphatic rings. The van der Waals surface area contributed by atoms with Gasteiger partial charge in [-0.15, -0.1) is 5.10 Å². The van der Waals surface area contributed by atoms with Crippen LogP contribution in [0, 0.1) is 6.92 Å². The van der Waals surface area contributed by atoms with Crippen molar-refractivity contribution < 1.29 is 0 Å². The van der Waals surface area contributed by atoms with Crippen LogP contribution in [0.3, 0.4) is 0 Å². The smallest absolute Gasteiger partial charge is 0.0875 e. The van der Waals surface area contributed by atoms with Crippen LogP contribution in [0.1, 0.15) is 5.69 Å². The van der Waals surface area contributed by atoms with E-state index in [0.717, 1.165) is 11.4 Å². The first kappa shape index (κ1) is 6.97. The first-order valence-electron chi connectivity index (χ1n) is 3.66. The maximum atomic E-state index is 4.15. The zero-order chi connectivity index (χ0) is 8.39. The molecule has 60 valence electrons. The normalized spacial score (nSPS) is 10.1. The van der Waals surface area contributed by atoms with E-state index in [4.69, 9.17) is 0 Å². The first-order valence-corrected chi connectivity index (χ1v) is 3.66. The molecule has 0 amide bonds. The van der Waals surface area contributed by atoms with Gasteiger partial charge in [-0.3, -0.25) is 4.98 Å². The molecule has 2 aromatic rings. The van der Waals surface area contributed by atoms with Crippen LogP contribution in [-0.4, -0.2) is 20.0 Å². The topological polar surface area (TPSA) is 43.6 Å². The number of nitrogens with zero attached hydrogens (tertiary/aromatic N) is 4. The summed E-state index contributed by atoms with van der Waals surface area (Å²) in [6.07, 6.45) is 5.20. The van der Waals surface area contributed by atoms with Crippen molar-refractivity contribution in [3.05, 3.63) is 36.4 Å². The monoisotopic (exact) mass is 160 g/mol. The summed E-state index contributed by atoms with van der Waals surface area (Å²) in [7, 11) is 0. The van der Waals surface area contributed by atoms with E-state index in [9.17, 15) is 0 Å². The molecule has 0 radical (unpaired) electrons. The van der Waals surface area contributed by atoms with Crippen molar-refractivity contribution in [2.24, 2.45) is 0 Å². The summed E-state index contributed by atoms with van der Waals surface area (Å²) in [6, 6.07) is 3.83. The lowest BCUT2D eigenvalue weighted by Crippen LogP contribution is -1.98. The predicted molar refractivity (Wildman–Crippen MR) is 43.9 cm³/mol. The molecule has 0 N–H and O–H groups in total. The molecule has 0 aromatic carbocycles. The molecule has 0 fully saturated rings. The number of rotatable bonds is 1. The summed E-state index contributed by atoms with van der Waals surface area (Å²) >= 11 is 0. The Kier molecular flexibility index (Phi) is 1.59. The van der Waals surface area contributed by atoms with Gasteiger partial charge in [0, 0.05) is 6.20 Å². The lowest BCUT2D eigenvalue weighted by molar-refractivity contribution is 0.792. The Bertz CT molecular complexity index is 366. The molecule has 0 saturated carbocycles. The van der Waals surface area contributed by atoms with Crippen LogP contribution in [-0.2, 0) is 0 Å². The third-order valence-electron chi connectivity index (χ3n) is 1.65. The van der Waals surface area contributed by atoms with E-state index in [1.807, 2.05) is 19.1 Å². The molecule has 12 heavy (non-hydrogen) atoms. The molecular weight excluding hydrogens is 152 g/mol. The minimum absolute atomic E-state index is 0.947. The Morgan fingerprint density at radius 2 is 2.25 bits per heavy atom. The molecule has 2 rings (SSSR count). The van der Waals surface area contributed by atoms with Gasteiger partial charge >= 0.3 is 0 Å². The van der Waals surface area contributed by atoms with E-state index in [2.05, 4.69) is 15.3 Å². The number of hydrogen-bond acceptors (Lipinski definition) is 3. The fraction of sp³-hybridized carbons (Fsp3) is 0.125. The van der Waals surface area contributed by atoms with Gasteiger partial charge < -0.3 is 0 Å². The highest BCUT2D eigenvalue weighted by Gasteiger charge is 1.99. The molecule has 0 spiro atoms. The molecule has 2 heterocycles. The molecule has 0 aliphatic carbocycles. The second-order valence-electron chi connectivity index (χ2n) is 2.46. The van der Waals surface area contributed by atoms with Gasteiger partial charge in [-0.1, -0.05) is 5.21 Å². The van der Waals surface area contributed by atoms with Crippen molar-refractivity contribution in [2.45, 2.75) is 6.92 Å². The quantitative estimate of drug-likeness (QED) is 0.624. The standard InChI is InChI=1S/C8H8N4/c1-7-8(3-2-4-9-7)12-6-5-10-11-12/h2-6H,1H3. The second-order valence-corrected chi connectivity index (χ2v) is 2.46. The largest absolute Gasteiger partial charge is 0.259 e. The predicted octanol–water partition coefficient (Wildman–Crippen LogP) is 0.971. The number of aromatic nitrogens is 4. The Balaban J connectivity index is 2.55. The van der Waals surface area contributed by atoms with E-state index in [1.54, 1.807) is 23.3 Å². The van der Waals surface area contributed by atoms with Crippen molar-refractivity contribution in [1.29, 1.82) is 0 Å². The van der Waals surface area contributed by atoms with Crippen LogP contribution in [0.4, 0.5) is 0 Å². The first-order chi connectivity index (χ1) is 5.88. The van der Waals surface area contributed by atoms with Crippen LogP contribution in [0.2, 0.25) is 0 Å². The molecule has 0 aliphatic heterocycles. The van der Waals surface area contributed by atoms with E-state index in [0.29, 0.717) is 0 Å². The minimum Gasteiger partial charge on any atom is -0.259 e. The van der Waals surface area contributed by atoms with Gasteiger partial charge in [0.15, 0.2) is 0 Å². The zero-order valence-corrected chi connectivity index (χ0v) is 6.68. The van der Waals surface area contributed by atoms with Gasteiger partial charge in [0.1, 0.15) is 0 Å². The average Bonchev–Trinajstić information content (AvgIpc) is 2.57. The third-order valence-corrected chi connectivity index (χ3v) is 1.65. The summed E-state index contributed by atoms with van der Waals surface area (Å²) in [5, 5.41) is 7.60. The summed E-state index contributed by atoms with van der Waals surface area (Å²) in [5.74, 6) is 0. The van der Waals surface area contributed by atoms with Crippen molar-refractivity contribution >= 4 is 0 Å². The van der Waals surface area contributed by atoms with E-state index >= 15 is 0 Å².